The van der Waals surface area contributed by atoms with Crippen LogP contribution in [0.1, 0.15) is 42.4 Å². The number of unbranched alkanes of at least 4 members (excludes halogenated alkanes) is 1. The molecule has 3 heteroatoms. The Morgan fingerprint density at radius 3 is 2.52 bits per heavy atom. The van der Waals surface area contributed by atoms with Gasteiger partial charge in [0.2, 0.25) is 0 Å². The molecule has 1 aliphatic rings. The fourth-order valence-electron chi connectivity index (χ4n) is 3.07. The average molecular weight is 283 g/mol. The van der Waals surface area contributed by atoms with Crippen LogP contribution in [0.4, 0.5) is 0 Å². The highest BCUT2D eigenvalue weighted by Crippen LogP contribution is 2.16. The number of fused-ring (bicyclic) bond motifs is 1. The lowest BCUT2D eigenvalue weighted by Crippen LogP contribution is -2.26. The van der Waals surface area contributed by atoms with Crippen molar-refractivity contribution in [1.29, 1.82) is 0 Å². The Morgan fingerprint density at radius 1 is 1.14 bits per heavy atom. The summed E-state index contributed by atoms with van der Waals surface area (Å²) in [6.45, 7) is 5.49. The van der Waals surface area contributed by atoms with Crippen LogP contribution >= 0.6 is 0 Å². The van der Waals surface area contributed by atoms with E-state index < -0.39 is 0 Å². The molecule has 3 rings (SSSR count). The zero-order valence-electron chi connectivity index (χ0n) is 12.9. The molecule has 3 nitrogen and oxygen atoms in total. The van der Waals surface area contributed by atoms with Crippen molar-refractivity contribution in [2.45, 2.75) is 45.6 Å². The van der Waals surface area contributed by atoms with Gasteiger partial charge in [-0.1, -0.05) is 37.6 Å². The Kier molecular flexibility index (Phi) is 4.71. The van der Waals surface area contributed by atoms with Crippen LogP contribution in [0.3, 0.4) is 0 Å². The van der Waals surface area contributed by atoms with Crippen molar-refractivity contribution in [3.63, 3.8) is 0 Å². The van der Waals surface area contributed by atoms with Crippen LogP contribution in [0, 0.1) is 0 Å². The number of aryl methyl sites for hydroxylation is 1. The number of aromatic amines is 1. The van der Waals surface area contributed by atoms with E-state index in [1.54, 1.807) is 0 Å². The molecule has 2 heterocycles. The molecule has 0 spiro atoms. The predicted molar refractivity (Wildman–Crippen MR) is 86.3 cm³/mol. The number of H-pyrrole nitrogens is 1. The molecule has 1 N–H and O–H groups in total. The third-order valence-corrected chi connectivity index (χ3v) is 4.36. The second kappa shape index (κ2) is 6.90. The number of aromatic nitrogens is 2. The Morgan fingerprint density at radius 2 is 1.86 bits per heavy atom. The number of hydrogen-bond acceptors (Lipinski definition) is 2. The molecule has 112 valence electrons. The van der Waals surface area contributed by atoms with Gasteiger partial charge in [-0.2, -0.15) is 0 Å². The van der Waals surface area contributed by atoms with Crippen molar-refractivity contribution in [2.24, 2.45) is 0 Å². The molecule has 0 fully saturated rings. The number of imidazole rings is 1. The van der Waals surface area contributed by atoms with E-state index in [-0.39, 0.29) is 0 Å². The van der Waals surface area contributed by atoms with E-state index in [0.717, 1.165) is 44.7 Å². The summed E-state index contributed by atoms with van der Waals surface area (Å²) in [6, 6.07) is 8.86. The van der Waals surface area contributed by atoms with E-state index in [4.69, 9.17) is 0 Å². The fourth-order valence-corrected chi connectivity index (χ4v) is 3.07. The van der Waals surface area contributed by atoms with Crippen molar-refractivity contribution >= 4 is 0 Å². The maximum atomic E-state index is 4.50. The topological polar surface area (TPSA) is 31.9 Å². The first-order valence-corrected chi connectivity index (χ1v) is 8.17. The Balaban J connectivity index is 1.58. The molecular weight excluding hydrogens is 258 g/mol. The van der Waals surface area contributed by atoms with Crippen molar-refractivity contribution in [2.75, 3.05) is 13.1 Å². The first-order valence-electron chi connectivity index (χ1n) is 8.17. The molecular formula is C18H25N3. The summed E-state index contributed by atoms with van der Waals surface area (Å²) >= 11 is 0. The third kappa shape index (κ3) is 3.73. The maximum absolute atomic E-state index is 4.50. The van der Waals surface area contributed by atoms with Crippen molar-refractivity contribution in [1.82, 2.24) is 14.9 Å². The number of hydrogen-bond donors (Lipinski definition) is 1. The summed E-state index contributed by atoms with van der Waals surface area (Å²) in [7, 11) is 0. The zero-order chi connectivity index (χ0) is 14.5. The highest BCUT2D eigenvalue weighted by molar-refractivity contribution is 5.28. The minimum absolute atomic E-state index is 0.993. The SMILES string of the molecule is CCCCc1ncc(CN2CCc3ccccc3CC2)[nH]1. The summed E-state index contributed by atoms with van der Waals surface area (Å²) in [5, 5.41) is 0. The molecule has 21 heavy (non-hydrogen) atoms. The molecule has 0 aliphatic carbocycles. The fraction of sp³-hybridized carbons (Fsp3) is 0.500. The Hall–Kier alpha value is -1.61. The zero-order valence-corrected chi connectivity index (χ0v) is 12.9. The van der Waals surface area contributed by atoms with E-state index in [0.29, 0.717) is 0 Å². The Bertz CT molecular complexity index is 546. The summed E-state index contributed by atoms with van der Waals surface area (Å²) < 4.78 is 0. The van der Waals surface area contributed by atoms with Crippen LogP contribution in [0.25, 0.3) is 0 Å². The van der Waals surface area contributed by atoms with Gasteiger partial charge in [0.05, 0.1) is 0 Å². The molecule has 1 aliphatic heterocycles. The number of nitrogens with one attached hydrogen (secondary N) is 1. The summed E-state index contributed by atoms with van der Waals surface area (Å²) in [5.74, 6) is 1.14. The molecule has 1 aromatic heterocycles. The molecule has 0 saturated carbocycles. The predicted octanol–water partition coefficient (Wildman–Crippen LogP) is 3.35. The van der Waals surface area contributed by atoms with E-state index in [9.17, 15) is 0 Å². The number of benzene rings is 1. The van der Waals surface area contributed by atoms with Crippen molar-refractivity contribution < 1.29 is 0 Å². The molecule has 0 bridgehead atoms. The van der Waals surface area contributed by atoms with Gasteiger partial charge in [-0.25, -0.2) is 4.98 Å². The normalized spacial score (nSPS) is 15.7. The van der Waals surface area contributed by atoms with Gasteiger partial charge in [-0.3, -0.25) is 4.90 Å². The van der Waals surface area contributed by atoms with Gasteiger partial charge >= 0.3 is 0 Å². The Labute approximate surface area is 127 Å². The van der Waals surface area contributed by atoms with Crippen LogP contribution in [-0.4, -0.2) is 28.0 Å². The van der Waals surface area contributed by atoms with E-state index in [1.807, 2.05) is 6.20 Å². The van der Waals surface area contributed by atoms with Crippen LogP contribution in [0.5, 0.6) is 0 Å². The minimum Gasteiger partial charge on any atom is -0.345 e. The van der Waals surface area contributed by atoms with Gasteiger partial charge < -0.3 is 4.98 Å². The molecule has 0 unspecified atom stereocenters. The highest BCUT2D eigenvalue weighted by atomic mass is 15.1. The minimum atomic E-state index is 0.993. The van der Waals surface area contributed by atoms with Crippen LogP contribution in [-0.2, 0) is 25.8 Å². The van der Waals surface area contributed by atoms with Gasteiger partial charge in [0, 0.05) is 37.9 Å². The monoisotopic (exact) mass is 283 g/mol. The summed E-state index contributed by atoms with van der Waals surface area (Å²) in [5.41, 5.74) is 4.30. The largest absolute Gasteiger partial charge is 0.345 e. The average Bonchev–Trinajstić information content (AvgIpc) is 2.86. The second-order valence-corrected chi connectivity index (χ2v) is 6.00. The first kappa shape index (κ1) is 14.3. The smallest absolute Gasteiger partial charge is 0.106 e. The lowest BCUT2D eigenvalue weighted by Gasteiger charge is -2.18. The molecule has 0 saturated heterocycles. The van der Waals surface area contributed by atoms with E-state index in [2.05, 4.69) is 46.1 Å². The second-order valence-electron chi connectivity index (χ2n) is 6.00. The highest BCUT2D eigenvalue weighted by Gasteiger charge is 2.14. The van der Waals surface area contributed by atoms with Crippen molar-refractivity contribution in [3.8, 4) is 0 Å². The van der Waals surface area contributed by atoms with Gasteiger partial charge in [0.15, 0.2) is 0 Å². The standard InChI is InChI=1S/C18H25N3/c1-2-3-8-18-19-13-17(20-18)14-21-11-9-15-6-4-5-7-16(15)10-12-21/h4-7,13H,2-3,8-12,14H2,1H3,(H,19,20). The summed E-state index contributed by atoms with van der Waals surface area (Å²) in [4.78, 5) is 10.5. The van der Waals surface area contributed by atoms with Crippen molar-refractivity contribution in [3.05, 3.63) is 53.1 Å². The first-order chi connectivity index (χ1) is 10.3. The molecule has 0 amide bonds. The third-order valence-electron chi connectivity index (χ3n) is 4.36. The number of nitrogens with zero attached hydrogens (tertiary/aromatic N) is 2. The van der Waals surface area contributed by atoms with Gasteiger partial charge in [-0.05, 0) is 30.4 Å². The quantitative estimate of drug-likeness (QED) is 0.912. The lowest BCUT2D eigenvalue weighted by molar-refractivity contribution is 0.276. The summed E-state index contributed by atoms with van der Waals surface area (Å²) in [6.07, 6.45) is 7.84. The maximum Gasteiger partial charge on any atom is 0.106 e. The van der Waals surface area contributed by atoms with Gasteiger partial charge in [-0.15, -0.1) is 0 Å². The number of rotatable bonds is 5. The van der Waals surface area contributed by atoms with Crippen LogP contribution < -0.4 is 0 Å². The molecule has 2 aromatic rings. The molecule has 0 atom stereocenters. The van der Waals surface area contributed by atoms with Crippen LogP contribution in [0.15, 0.2) is 30.5 Å². The molecule has 1 aromatic carbocycles. The molecule has 0 radical (unpaired) electrons. The van der Waals surface area contributed by atoms with Gasteiger partial charge in [0.1, 0.15) is 5.82 Å². The van der Waals surface area contributed by atoms with E-state index in [1.165, 1.54) is 29.7 Å². The van der Waals surface area contributed by atoms with Gasteiger partial charge in [0.25, 0.3) is 0 Å². The van der Waals surface area contributed by atoms with E-state index >= 15 is 0 Å². The van der Waals surface area contributed by atoms with Crippen LogP contribution in [0.2, 0.25) is 0 Å². The lowest BCUT2D eigenvalue weighted by atomic mass is 10.0.